The third kappa shape index (κ3) is 3.04. The highest BCUT2D eigenvalue weighted by Gasteiger charge is 2.16. The number of allylic oxidation sites excluding steroid dienone is 1. The van der Waals surface area contributed by atoms with Crippen LogP contribution in [-0.4, -0.2) is 4.57 Å². The van der Waals surface area contributed by atoms with E-state index >= 15 is 0 Å². The first-order valence-corrected chi connectivity index (χ1v) is 13.1. The molecule has 1 nitrogen and oxygen atoms in total. The number of aryl methyl sites for hydroxylation is 1. The lowest BCUT2D eigenvalue weighted by Gasteiger charge is -2.19. The van der Waals surface area contributed by atoms with E-state index in [4.69, 9.17) is 0 Å². The second kappa shape index (κ2) is 7.94. The van der Waals surface area contributed by atoms with Gasteiger partial charge in [-0.15, -0.1) is 0 Å². The zero-order valence-corrected chi connectivity index (χ0v) is 20.5. The Balaban J connectivity index is 1.36. The molecule has 0 saturated carbocycles. The van der Waals surface area contributed by atoms with Gasteiger partial charge in [0.1, 0.15) is 0 Å². The molecule has 6 aromatic carbocycles. The largest absolute Gasteiger partial charge is 0.309 e. The van der Waals surface area contributed by atoms with Crippen molar-refractivity contribution in [1.29, 1.82) is 0 Å². The molecular formula is C36H25N. The molecule has 1 aliphatic carbocycles. The fraction of sp³-hybridized carbons (Fsp3) is 0.0556. The quantitative estimate of drug-likeness (QED) is 0.221. The molecule has 1 aliphatic rings. The number of fused-ring (bicyclic) bond motifs is 9. The summed E-state index contributed by atoms with van der Waals surface area (Å²) < 4.78 is 2.40. The third-order valence-corrected chi connectivity index (χ3v) is 8.04. The number of nitrogens with zero attached hydrogens (tertiary/aromatic N) is 1. The molecule has 1 heterocycles. The first-order chi connectivity index (χ1) is 18.4. The molecule has 0 N–H and O–H groups in total. The molecule has 37 heavy (non-hydrogen) atoms. The minimum Gasteiger partial charge on any atom is -0.309 e. The maximum Gasteiger partial charge on any atom is 0.0541 e. The fourth-order valence-corrected chi connectivity index (χ4v) is 6.38. The lowest BCUT2D eigenvalue weighted by atomic mass is 9.85. The van der Waals surface area contributed by atoms with Crippen LogP contribution in [0.25, 0.3) is 66.2 Å². The maximum atomic E-state index is 2.42. The van der Waals surface area contributed by atoms with Crippen LogP contribution in [0.15, 0.2) is 121 Å². The van der Waals surface area contributed by atoms with E-state index in [1.165, 1.54) is 71.3 Å². The van der Waals surface area contributed by atoms with Gasteiger partial charge in [0.15, 0.2) is 0 Å². The predicted molar refractivity (Wildman–Crippen MR) is 159 cm³/mol. The summed E-state index contributed by atoms with van der Waals surface area (Å²) in [5, 5.41) is 8.03. The topological polar surface area (TPSA) is 4.93 Å². The van der Waals surface area contributed by atoms with Crippen LogP contribution < -0.4 is 0 Å². The molecule has 0 amide bonds. The van der Waals surface area contributed by atoms with Crippen molar-refractivity contribution in [2.45, 2.75) is 12.8 Å². The van der Waals surface area contributed by atoms with Gasteiger partial charge in [0.2, 0.25) is 0 Å². The molecule has 0 aliphatic heterocycles. The minimum atomic E-state index is 1.10. The zero-order chi connectivity index (χ0) is 24.3. The van der Waals surface area contributed by atoms with Gasteiger partial charge in [0.05, 0.1) is 11.0 Å². The molecular weight excluding hydrogens is 446 g/mol. The van der Waals surface area contributed by atoms with E-state index in [0.717, 1.165) is 12.8 Å². The molecule has 0 saturated heterocycles. The second-order valence-corrected chi connectivity index (χ2v) is 10.1. The molecule has 0 radical (unpaired) electrons. The van der Waals surface area contributed by atoms with Gasteiger partial charge in [-0.25, -0.2) is 0 Å². The van der Waals surface area contributed by atoms with Gasteiger partial charge in [-0.2, -0.15) is 0 Å². The Kier molecular flexibility index (Phi) is 4.41. The zero-order valence-electron chi connectivity index (χ0n) is 20.5. The average molecular weight is 472 g/mol. The molecule has 1 heteroatoms. The Morgan fingerprint density at radius 1 is 0.486 bits per heavy atom. The van der Waals surface area contributed by atoms with Crippen LogP contribution in [0.3, 0.4) is 0 Å². The van der Waals surface area contributed by atoms with Gasteiger partial charge in [0.25, 0.3) is 0 Å². The SMILES string of the molecule is C1=Cc2c(c3cc(-c4cccc(-n5c6ccccc6c6ccccc65)c4)ccc3c3ccccc23)CC1. The summed E-state index contributed by atoms with van der Waals surface area (Å²) in [7, 11) is 0. The van der Waals surface area contributed by atoms with Crippen molar-refractivity contribution in [1.82, 2.24) is 4.57 Å². The van der Waals surface area contributed by atoms with Crippen molar-refractivity contribution in [3.8, 4) is 16.8 Å². The average Bonchev–Trinajstić information content (AvgIpc) is 3.32. The van der Waals surface area contributed by atoms with Crippen LogP contribution in [0.1, 0.15) is 17.5 Å². The predicted octanol–water partition coefficient (Wildman–Crippen LogP) is 9.72. The minimum absolute atomic E-state index is 1.10. The summed E-state index contributed by atoms with van der Waals surface area (Å²) in [5.74, 6) is 0. The fourth-order valence-electron chi connectivity index (χ4n) is 6.38. The normalized spacial score (nSPS) is 13.1. The molecule has 1 aromatic heterocycles. The number of rotatable bonds is 2. The van der Waals surface area contributed by atoms with Crippen molar-refractivity contribution < 1.29 is 0 Å². The van der Waals surface area contributed by atoms with Gasteiger partial charge in [-0.05, 0) is 87.0 Å². The Morgan fingerprint density at radius 2 is 1.14 bits per heavy atom. The summed E-state index contributed by atoms with van der Waals surface area (Å²) >= 11 is 0. The van der Waals surface area contributed by atoms with E-state index in [1.54, 1.807) is 0 Å². The third-order valence-electron chi connectivity index (χ3n) is 8.04. The van der Waals surface area contributed by atoms with Crippen LogP contribution >= 0.6 is 0 Å². The van der Waals surface area contributed by atoms with E-state index in [2.05, 4.69) is 132 Å². The van der Waals surface area contributed by atoms with Crippen LogP contribution in [0.5, 0.6) is 0 Å². The molecule has 0 unspecified atom stereocenters. The lowest BCUT2D eigenvalue weighted by Crippen LogP contribution is -1.98. The van der Waals surface area contributed by atoms with Crippen molar-refractivity contribution in [3.05, 3.63) is 132 Å². The van der Waals surface area contributed by atoms with E-state index in [9.17, 15) is 0 Å². The number of aromatic nitrogens is 1. The number of para-hydroxylation sites is 2. The monoisotopic (exact) mass is 471 g/mol. The Labute approximate surface area is 215 Å². The summed E-state index contributed by atoms with van der Waals surface area (Å²) in [6.07, 6.45) is 6.85. The number of hydrogen-bond donors (Lipinski definition) is 0. The van der Waals surface area contributed by atoms with Crippen LogP contribution in [0.2, 0.25) is 0 Å². The van der Waals surface area contributed by atoms with Crippen LogP contribution in [0, 0.1) is 0 Å². The summed E-state index contributed by atoms with van der Waals surface area (Å²) in [6.45, 7) is 0. The Hall–Kier alpha value is -4.62. The van der Waals surface area contributed by atoms with Crippen LogP contribution in [0.4, 0.5) is 0 Å². The van der Waals surface area contributed by atoms with Gasteiger partial charge in [-0.1, -0.05) is 97.1 Å². The second-order valence-electron chi connectivity index (χ2n) is 10.1. The molecule has 7 aromatic rings. The molecule has 0 bridgehead atoms. The number of hydrogen-bond acceptors (Lipinski definition) is 0. The van der Waals surface area contributed by atoms with E-state index in [1.807, 2.05) is 0 Å². The molecule has 0 spiro atoms. The Morgan fingerprint density at radius 3 is 1.92 bits per heavy atom. The first kappa shape index (κ1) is 20.6. The molecule has 174 valence electrons. The summed E-state index contributed by atoms with van der Waals surface area (Å²) in [6, 6.07) is 42.3. The Bertz CT molecular complexity index is 1980. The van der Waals surface area contributed by atoms with E-state index in [-0.39, 0.29) is 0 Å². The van der Waals surface area contributed by atoms with E-state index < -0.39 is 0 Å². The van der Waals surface area contributed by atoms with Crippen LogP contribution in [-0.2, 0) is 6.42 Å². The van der Waals surface area contributed by atoms with Gasteiger partial charge in [0, 0.05) is 16.5 Å². The smallest absolute Gasteiger partial charge is 0.0541 e. The van der Waals surface area contributed by atoms with Crippen molar-refractivity contribution in [2.24, 2.45) is 0 Å². The van der Waals surface area contributed by atoms with Gasteiger partial charge >= 0.3 is 0 Å². The summed E-state index contributed by atoms with van der Waals surface area (Å²) in [4.78, 5) is 0. The molecule has 0 atom stereocenters. The van der Waals surface area contributed by atoms with E-state index in [0.29, 0.717) is 0 Å². The van der Waals surface area contributed by atoms with Crippen molar-refractivity contribution in [3.63, 3.8) is 0 Å². The highest BCUT2D eigenvalue weighted by atomic mass is 15.0. The molecule has 8 rings (SSSR count). The highest BCUT2D eigenvalue weighted by molar-refractivity contribution is 6.14. The summed E-state index contributed by atoms with van der Waals surface area (Å²) in [5.41, 5.74) is 9.07. The first-order valence-electron chi connectivity index (χ1n) is 13.1. The standard InChI is InChI=1S/C36H25N/c1-2-14-29-27(12-1)28-13-3-4-15-30(28)34-23-25(20-21-31(29)34)24-10-9-11-26(22-24)37-35-18-7-5-16-32(35)33-17-6-8-19-36(33)37/h1-3,5-14,16-23H,4,15H2. The highest BCUT2D eigenvalue weighted by Crippen LogP contribution is 2.39. The van der Waals surface area contributed by atoms with Crippen molar-refractivity contribution in [2.75, 3.05) is 0 Å². The van der Waals surface area contributed by atoms with Gasteiger partial charge < -0.3 is 4.57 Å². The maximum absolute atomic E-state index is 2.42. The van der Waals surface area contributed by atoms with Crippen molar-refractivity contribution >= 4 is 49.4 Å². The number of benzene rings is 6. The molecule has 0 fully saturated rings. The van der Waals surface area contributed by atoms with Gasteiger partial charge in [-0.3, -0.25) is 0 Å². The lowest BCUT2D eigenvalue weighted by molar-refractivity contribution is 1.00.